The molecule has 1 aromatic heterocycles. The van der Waals surface area contributed by atoms with E-state index in [0.29, 0.717) is 60.1 Å². The first-order chi connectivity index (χ1) is 26.6. The highest BCUT2D eigenvalue weighted by molar-refractivity contribution is 5.90. The van der Waals surface area contributed by atoms with Crippen LogP contribution in [0.4, 0.5) is 0 Å². The molecule has 8 rings (SSSR count). The fourth-order valence-electron chi connectivity index (χ4n) is 8.78. The van der Waals surface area contributed by atoms with Crippen LogP contribution >= 0.6 is 0 Å². The molecule has 0 saturated heterocycles. The van der Waals surface area contributed by atoms with Gasteiger partial charge in [-0.1, -0.05) is 78.1 Å². The molecule has 0 fully saturated rings. The van der Waals surface area contributed by atoms with E-state index in [1.807, 2.05) is 45.0 Å². The van der Waals surface area contributed by atoms with Crippen LogP contribution in [0.1, 0.15) is 97.8 Å². The molecule has 1 aliphatic carbocycles. The fraction of sp³-hybridized carbons (Fsp3) is 0.383. The number of esters is 2. The van der Waals surface area contributed by atoms with Crippen LogP contribution < -0.4 is 10.4 Å². The first-order valence-corrected chi connectivity index (χ1v) is 19.3. The van der Waals surface area contributed by atoms with Gasteiger partial charge in [-0.2, -0.15) is 0 Å². The molecule has 4 aliphatic rings. The van der Waals surface area contributed by atoms with Gasteiger partial charge in [0.2, 0.25) is 0 Å². The minimum atomic E-state index is -1.23. The Balaban J connectivity index is 1.33. The largest absolute Gasteiger partial charge is 0.482 e. The summed E-state index contributed by atoms with van der Waals surface area (Å²) >= 11 is 0. The number of carbonyl (C=O) groups excluding carboxylic acids is 2. The van der Waals surface area contributed by atoms with Crippen molar-refractivity contribution in [3.05, 3.63) is 134 Å². The van der Waals surface area contributed by atoms with E-state index in [2.05, 4.69) is 54.3 Å². The summed E-state index contributed by atoms with van der Waals surface area (Å²) in [4.78, 5) is 42.4. The SMILES string of the molecule is COCCc1cc2ccc3c(c2oc1=O)C1OC(=O)CC2CC(c4ccccc4)C=CC2c2ccc4cc2CC#CCC(C)(O3)C1OC(=O)C(=C(C)C)CC4. The normalized spacial score (nSPS) is 26.0. The van der Waals surface area contributed by atoms with E-state index in [-0.39, 0.29) is 36.2 Å². The summed E-state index contributed by atoms with van der Waals surface area (Å²) in [7, 11) is 1.58. The molecule has 4 aromatic rings. The van der Waals surface area contributed by atoms with Gasteiger partial charge in [0.1, 0.15) is 11.3 Å². The molecule has 5 bridgehead atoms. The lowest BCUT2D eigenvalue weighted by atomic mass is 9.71. The van der Waals surface area contributed by atoms with Gasteiger partial charge in [-0.05, 0) is 86.4 Å². The molecule has 0 radical (unpaired) electrons. The van der Waals surface area contributed by atoms with Crippen LogP contribution in [0.3, 0.4) is 0 Å². The summed E-state index contributed by atoms with van der Waals surface area (Å²) in [6.07, 6.45) is 5.27. The van der Waals surface area contributed by atoms with Gasteiger partial charge >= 0.3 is 17.6 Å². The molecule has 0 saturated carbocycles. The van der Waals surface area contributed by atoms with Gasteiger partial charge in [0, 0.05) is 54.7 Å². The summed E-state index contributed by atoms with van der Waals surface area (Å²) < 4.78 is 31.2. The molecule has 3 aromatic carbocycles. The molecule has 3 aliphatic heterocycles. The highest BCUT2D eigenvalue weighted by atomic mass is 16.6. The lowest BCUT2D eigenvalue weighted by Gasteiger charge is -2.44. The molecule has 282 valence electrons. The molecule has 6 atom stereocenters. The summed E-state index contributed by atoms with van der Waals surface area (Å²) in [5.74, 6) is 6.20. The van der Waals surface area contributed by atoms with Crippen molar-refractivity contribution in [1.82, 2.24) is 0 Å². The molecule has 0 spiro atoms. The molecule has 8 heteroatoms. The van der Waals surface area contributed by atoms with Gasteiger partial charge in [-0.3, -0.25) is 4.79 Å². The Morgan fingerprint density at radius 2 is 1.78 bits per heavy atom. The van der Waals surface area contributed by atoms with Crippen molar-refractivity contribution >= 4 is 22.9 Å². The second-order valence-electron chi connectivity index (χ2n) is 15.7. The third kappa shape index (κ3) is 7.14. The number of hydrogen-bond donors (Lipinski definition) is 0. The third-order valence-corrected chi connectivity index (χ3v) is 11.7. The van der Waals surface area contributed by atoms with Gasteiger partial charge < -0.3 is 23.4 Å². The Hall–Kier alpha value is -5.39. The van der Waals surface area contributed by atoms with Crippen LogP contribution in [0.15, 0.2) is 99.2 Å². The van der Waals surface area contributed by atoms with Crippen LogP contribution in [-0.2, 0) is 43.1 Å². The van der Waals surface area contributed by atoms with Crippen molar-refractivity contribution in [3.8, 4) is 17.6 Å². The van der Waals surface area contributed by atoms with E-state index >= 15 is 0 Å². The average Bonchev–Trinajstić information content (AvgIpc) is 3.17. The molecule has 8 nitrogen and oxygen atoms in total. The Bertz CT molecular complexity index is 2340. The number of methoxy groups -OCH3 is 1. The predicted molar refractivity (Wildman–Crippen MR) is 209 cm³/mol. The monoisotopic (exact) mass is 738 g/mol. The molecule has 4 heterocycles. The van der Waals surface area contributed by atoms with Crippen molar-refractivity contribution in [2.75, 3.05) is 13.7 Å². The maximum atomic E-state index is 14.6. The Labute approximate surface area is 321 Å². The zero-order valence-electron chi connectivity index (χ0n) is 31.8. The van der Waals surface area contributed by atoms with E-state index < -0.39 is 35.4 Å². The maximum Gasteiger partial charge on any atom is 0.339 e. The first kappa shape index (κ1) is 36.6. The van der Waals surface area contributed by atoms with Gasteiger partial charge in [-0.15, -0.1) is 0 Å². The number of rotatable bonds is 4. The fourth-order valence-corrected chi connectivity index (χ4v) is 8.78. The van der Waals surface area contributed by atoms with Crippen molar-refractivity contribution in [3.63, 3.8) is 0 Å². The highest BCUT2D eigenvalue weighted by Crippen LogP contribution is 2.49. The zero-order chi connectivity index (χ0) is 38.3. The van der Waals surface area contributed by atoms with Crippen LogP contribution in [0.25, 0.3) is 11.0 Å². The standard InChI is InChI=1S/C47H46O8/c1-28(2)36-17-13-29-14-18-37-32(24-29)12-8-9-22-47(3)44(54-46(36)50)43(41-39(55-47)20-16-33-26-34(21-23-51-4)45(49)53-42(33)41)52-40(48)27-35-25-31(15-19-38(35)37)30-10-6-5-7-11-30/h5-7,10-11,14-16,18-20,24,26,31,35,38,43-44H,12-13,17,21-23,25,27H2,1-4H3. The summed E-state index contributed by atoms with van der Waals surface area (Å²) in [6, 6.07) is 22.3. The van der Waals surface area contributed by atoms with Gasteiger partial charge in [-0.25, -0.2) is 9.59 Å². The van der Waals surface area contributed by atoms with Crippen LogP contribution in [0, 0.1) is 17.8 Å². The van der Waals surface area contributed by atoms with Gasteiger partial charge in [0.15, 0.2) is 17.8 Å². The van der Waals surface area contributed by atoms with E-state index in [1.165, 1.54) is 5.56 Å². The second kappa shape index (κ2) is 15.0. The summed E-state index contributed by atoms with van der Waals surface area (Å²) in [5, 5.41) is 0.628. The van der Waals surface area contributed by atoms with E-state index in [0.717, 1.165) is 28.7 Å². The molecule has 0 N–H and O–H groups in total. The van der Waals surface area contributed by atoms with Crippen molar-refractivity contribution in [2.45, 2.75) is 95.4 Å². The Morgan fingerprint density at radius 3 is 2.58 bits per heavy atom. The number of ether oxygens (including phenoxy) is 4. The molecule has 0 amide bonds. The van der Waals surface area contributed by atoms with Crippen molar-refractivity contribution in [2.24, 2.45) is 5.92 Å². The summed E-state index contributed by atoms with van der Waals surface area (Å²) in [6.45, 7) is 6.00. The quantitative estimate of drug-likeness (QED) is 0.0677. The number of fused-ring (bicyclic) bond motifs is 9. The smallest absolute Gasteiger partial charge is 0.339 e. The lowest BCUT2D eigenvalue weighted by Crippen LogP contribution is -2.54. The number of aryl methyl sites for hydroxylation is 1. The maximum absolute atomic E-state index is 14.6. The molecular weight excluding hydrogens is 693 g/mol. The Morgan fingerprint density at radius 1 is 0.945 bits per heavy atom. The minimum Gasteiger partial charge on any atom is -0.482 e. The number of benzene rings is 3. The van der Waals surface area contributed by atoms with Gasteiger partial charge in [0.25, 0.3) is 0 Å². The second-order valence-corrected chi connectivity index (χ2v) is 15.7. The molecule has 6 unspecified atom stereocenters. The molecule has 55 heavy (non-hydrogen) atoms. The lowest BCUT2D eigenvalue weighted by molar-refractivity contribution is -0.190. The Kier molecular flexibility index (Phi) is 10.00. The van der Waals surface area contributed by atoms with Crippen LogP contribution in [0.5, 0.6) is 5.75 Å². The van der Waals surface area contributed by atoms with E-state index in [1.54, 1.807) is 19.2 Å². The van der Waals surface area contributed by atoms with Crippen molar-refractivity contribution < 1.29 is 33.0 Å². The number of hydrogen-bond acceptors (Lipinski definition) is 8. The topological polar surface area (TPSA) is 101 Å². The van der Waals surface area contributed by atoms with Crippen molar-refractivity contribution in [1.29, 1.82) is 0 Å². The molecular formula is C47H46O8. The van der Waals surface area contributed by atoms with Crippen LogP contribution in [-0.4, -0.2) is 37.4 Å². The average molecular weight is 739 g/mol. The van der Waals surface area contributed by atoms with Gasteiger partial charge in [0.05, 0.1) is 18.6 Å². The third-order valence-electron chi connectivity index (χ3n) is 11.7. The first-order valence-electron chi connectivity index (χ1n) is 19.3. The number of allylic oxidation sites excluding steroid dienone is 3. The van der Waals surface area contributed by atoms with Crippen LogP contribution in [0.2, 0.25) is 0 Å². The summed E-state index contributed by atoms with van der Waals surface area (Å²) in [5.41, 5.74) is 5.24. The minimum absolute atomic E-state index is 0.0483. The van der Waals surface area contributed by atoms with E-state index in [4.69, 9.17) is 23.4 Å². The predicted octanol–water partition coefficient (Wildman–Crippen LogP) is 8.40. The number of carbonyl (C=O) groups is 2. The van der Waals surface area contributed by atoms with E-state index in [9.17, 15) is 14.4 Å². The highest BCUT2D eigenvalue weighted by Gasteiger charge is 2.53. The zero-order valence-corrected chi connectivity index (χ0v) is 31.8.